The molecule has 2 aromatic rings. The summed E-state index contributed by atoms with van der Waals surface area (Å²) in [6, 6.07) is 15.4. The highest BCUT2D eigenvalue weighted by atomic mass is 16.2. The molecular weight excluding hydrogens is 402 g/mol. The fourth-order valence-corrected chi connectivity index (χ4v) is 3.39. The number of hydrazone groups is 1. The fraction of sp³-hybridized carbons (Fsp3) is 0.375. The topological polar surface area (TPSA) is 115 Å². The van der Waals surface area contributed by atoms with Gasteiger partial charge in [-0.3, -0.25) is 9.80 Å². The lowest BCUT2D eigenvalue weighted by Gasteiger charge is -2.32. The second-order valence-electron chi connectivity index (χ2n) is 7.81. The summed E-state index contributed by atoms with van der Waals surface area (Å²) in [5.41, 5.74) is 5.03. The van der Waals surface area contributed by atoms with Crippen LogP contribution in [-0.2, 0) is 17.6 Å². The molecule has 8 nitrogen and oxygen atoms in total. The van der Waals surface area contributed by atoms with Gasteiger partial charge in [0.15, 0.2) is 0 Å². The molecule has 1 aliphatic rings. The molecule has 0 unspecified atom stereocenters. The van der Waals surface area contributed by atoms with Crippen molar-refractivity contribution >= 4 is 17.9 Å². The third kappa shape index (κ3) is 7.38. The molecule has 0 radical (unpaired) electrons. The summed E-state index contributed by atoms with van der Waals surface area (Å²) in [5, 5.41) is 13.3. The predicted octanol–water partition coefficient (Wildman–Crippen LogP) is 2.01. The number of hydrogen-bond acceptors (Lipinski definition) is 6. The summed E-state index contributed by atoms with van der Waals surface area (Å²) >= 11 is 0. The number of nitrogens with two attached hydrogens (primary N) is 2. The quantitative estimate of drug-likeness (QED) is 0.321. The number of carbonyl (C=O) groups excluding carboxylic acids is 1. The van der Waals surface area contributed by atoms with Crippen LogP contribution in [0.3, 0.4) is 0 Å². The van der Waals surface area contributed by atoms with E-state index in [4.69, 9.17) is 16.9 Å². The molecule has 0 atom stereocenters. The number of amides is 1. The zero-order valence-corrected chi connectivity index (χ0v) is 19.2. The molecule has 1 saturated heterocycles. The normalized spacial score (nSPS) is 13.9. The maximum Gasteiger partial charge on any atom is 0.227 e. The molecule has 4 N–H and O–H groups in total. The average molecular weight is 436 g/mol. The molecule has 0 saturated carbocycles. The number of piperazine rings is 1. The standard InChI is InChI=1S/C14H22N6O.C10H11N/c1-18-6-8-19(9-7-18)14(21)10-12-2-4-13(5-3-12)20(16)11-17-15;1-3-10-6-9(7-11)5-4-8(10)2/h2-5,11H,6-10,15-16H2,1H3;4-6H,3H2,1-2H3/b17-11-;. The van der Waals surface area contributed by atoms with Crippen LogP contribution < -0.4 is 16.7 Å². The minimum Gasteiger partial charge on any atom is -0.340 e. The van der Waals surface area contributed by atoms with Gasteiger partial charge in [0.25, 0.3) is 0 Å². The van der Waals surface area contributed by atoms with Gasteiger partial charge in [-0.15, -0.1) is 0 Å². The highest BCUT2D eigenvalue weighted by molar-refractivity contribution is 5.80. The Hall–Kier alpha value is -3.41. The molecule has 0 aromatic heterocycles. The van der Waals surface area contributed by atoms with Crippen molar-refractivity contribution in [2.45, 2.75) is 26.7 Å². The average Bonchev–Trinajstić information content (AvgIpc) is 2.81. The highest BCUT2D eigenvalue weighted by Gasteiger charge is 2.19. The number of anilines is 1. The van der Waals surface area contributed by atoms with Gasteiger partial charge in [-0.2, -0.15) is 10.4 Å². The highest BCUT2D eigenvalue weighted by Crippen LogP contribution is 2.13. The number of likely N-dealkylation sites (N-methyl/N-ethyl adjacent to an activating group) is 1. The third-order valence-electron chi connectivity index (χ3n) is 5.50. The number of carbonyl (C=O) groups is 1. The van der Waals surface area contributed by atoms with Gasteiger partial charge < -0.3 is 15.6 Å². The number of benzene rings is 2. The van der Waals surface area contributed by atoms with Crippen LogP contribution in [0.1, 0.15) is 29.2 Å². The first-order valence-electron chi connectivity index (χ1n) is 10.7. The smallest absolute Gasteiger partial charge is 0.227 e. The van der Waals surface area contributed by atoms with E-state index in [1.165, 1.54) is 22.5 Å². The zero-order chi connectivity index (χ0) is 23.5. The van der Waals surface area contributed by atoms with Crippen LogP contribution in [0.25, 0.3) is 0 Å². The Morgan fingerprint density at radius 2 is 1.84 bits per heavy atom. The number of hydrogen-bond donors (Lipinski definition) is 2. The van der Waals surface area contributed by atoms with Gasteiger partial charge in [-0.25, -0.2) is 5.84 Å². The lowest BCUT2D eigenvalue weighted by Crippen LogP contribution is -2.47. The molecule has 1 amide bonds. The Balaban J connectivity index is 0.000000278. The number of nitriles is 1. The van der Waals surface area contributed by atoms with Gasteiger partial charge in [0.1, 0.15) is 6.34 Å². The summed E-state index contributed by atoms with van der Waals surface area (Å²) in [6.07, 6.45) is 2.74. The fourth-order valence-electron chi connectivity index (χ4n) is 3.39. The monoisotopic (exact) mass is 435 g/mol. The maximum atomic E-state index is 12.2. The molecular formula is C24H33N7O. The van der Waals surface area contributed by atoms with E-state index in [0.717, 1.165) is 49.4 Å². The molecule has 1 aliphatic heterocycles. The minimum absolute atomic E-state index is 0.170. The largest absolute Gasteiger partial charge is 0.340 e. The van der Waals surface area contributed by atoms with Crippen molar-refractivity contribution in [3.05, 3.63) is 64.7 Å². The SMILES string of the molecule is CCc1cc(C#N)ccc1C.CN1CCN(C(=O)Cc2ccc(N(N)/C=N\N)cc2)CC1. The number of hydrazine groups is 1. The maximum absolute atomic E-state index is 12.2. The van der Waals surface area contributed by atoms with Crippen molar-refractivity contribution in [3.8, 4) is 6.07 Å². The van der Waals surface area contributed by atoms with E-state index < -0.39 is 0 Å². The van der Waals surface area contributed by atoms with E-state index in [-0.39, 0.29) is 5.91 Å². The third-order valence-corrected chi connectivity index (χ3v) is 5.50. The summed E-state index contributed by atoms with van der Waals surface area (Å²) < 4.78 is 0. The van der Waals surface area contributed by atoms with Crippen LogP contribution in [-0.4, -0.2) is 55.3 Å². The molecule has 0 spiro atoms. The number of aryl methyl sites for hydroxylation is 2. The van der Waals surface area contributed by atoms with Crippen molar-refractivity contribution < 1.29 is 4.79 Å². The van der Waals surface area contributed by atoms with Crippen LogP contribution in [0.4, 0.5) is 5.69 Å². The van der Waals surface area contributed by atoms with Gasteiger partial charge in [-0.1, -0.05) is 25.1 Å². The molecule has 0 bridgehead atoms. The van der Waals surface area contributed by atoms with E-state index >= 15 is 0 Å². The van der Waals surface area contributed by atoms with E-state index in [9.17, 15) is 4.79 Å². The van der Waals surface area contributed by atoms with Crippen LogP contribution >= 0.6 is 0 Å². The minimum atomic E-state index is 0.170. The first-order valence-corrected chi connectivity index (χ1v) is 10.7. The van der Waals surface area contributed by atoms with Crippen molar-refractivity contribution in [2.24, 2.45) is 16.8 Å². The Labute approximate surface area is 190 Å². The number of rotatable bonds is 5. The van der Waals surface area contributed by atoms with Crippen molar-refractivity contribution in [2.75, 3.05) is 38.2 Å². The Bertz CT molecular complexity index is 942. The number of nitrogens with zero attached hydrogens (tertiary/aromatic N) is 5. The van der Waals surface area contributed by atoms with E-state index in [2.05, 4.69) is 37.0 Å². The van der Waals surface area contributed by atoms with E-state index in [1.807, 2.05) is 47.4 Å². The van der Waals surface area contributed by atoms with Crippen molar-refractivity contribution in [3.63, 3.8) is 0 Å². The van der Waals surface area contributed by atoms with Crippen molar-refractivity contribution in [1.29, 1.82) is 5.26 Å². The van der Waals surface area contributed by atoms with Gasteiger partial charge >= 0.3 is 0 Å². The van der Waals surface area contributed by atoms with Gasteiger partial charge in [0, 0.05) is 26.2 Å². The van der Waals surface area contributed by atoms with E-state index in [1.54, 1.807) is 0 Å². The summed E-state index contributed by atoms with van der Waals surface area (Å²) in [4.78, 5) is 16.4. The summed E-state index contributed by atoms with van der Waals surface area (Å²) in [6.45, 7) is 7.65. The second kappa shape index (κ2) is 12.4. The molecule has 8 heteroatoms. The molecule has 0 aliphatic carbocycles. The summed E-state index contributed by atoms with van der Waals surface area (Å²) in [5.74, 6) is 10.9. The van der Waals surface area contributed by atoms with Gasteiger partial charge in [-0.05, 0) is 61.3 Å². The summed E-state index contributed by atoms with van der Waals surface area (Å²) in [7, 11) is 2.07. The van der Waals surface area contributed by atoms with Gasteiger partial charge in [0.2, 0.25) is 5.91 Å². The van der Waals surface area contributed by atoms with Crippen LogP contribution in [0, 0.1) is 18.3 Å². The predicted molar refractivity (Wildman–Crippen MR) is 129 cm³/mol. The molecule has 1 heterocycles. The Kier molecular flexibility index (Phi) is 9.67. The second-order valence-corrected chi connectivity index (χ2v) is 7.81. The Morgan fingerprint density at radius 1 is 1.19 bits per heavy atom. The molecule has 170 valence electrons. The van der Waals surface area contributed by atoms with Crippen LogP contribution in [0.5, 0.6) is 0 Å². The van der Waals surface area contributed by atoms with Crippen LogP contribution in [0.2, 0.25) is 0 Å². The van der Waals surface area contributed by atoms with E-state index in [0.29, 0.717) is 6.42 Å². The van der Waals surface area contributed by atoms with Gasteiger partial charge in [0.05, 0.1) is 23.7 Å². The zero-order valence-electron chi connectivity index (χ0n) is 19.2. The lowest BCUT2D eigenvalue weighted by atomic mass is 10.0. The Morgan fingerprint density at radius 3 is 2.41 bits per heavy atom. The first-order chi connectivity index (χ1) is 15.4. The molecule has 2 aromatic carbocycles. The lowest BCUT2D eigenvalue weighted by molar-refractivity contribution is -0.132. The van der Waals surface area contributed by atoms with Crippen molar-refractivity contribution in [1.82, 2.24) is 9.80 Å². The first kappa shape index (κ1) is 24.9. The molecule has 1 fully saturated rings. The molecule has 32 heavy (non-hydrogen) atoms. The van der Waals surface area contributed by atoms with Crippen LogP contribution in [0.15, 0.2) is 47.6 Å². The molecule has 3 rings (SSSR count).